The molecule has 9 heteroatoms. The normalized spacial score (nSPS) is 11.6. The van der Waals surface area contributed by atoms with Crippen LogP contribution in [0.1, 0.15) is 22.0 Å². The van der Waals surface area contributed by atoms with E-state index in [1.165, 1.54) is 30.5 Å². The zero-order valence-corrected chi connectivity index (χ0v) is 15.9. The van der Waals surface area contributed by atoms with Gasteiger partial charge in [-0.25, -0.2) is 22.9 Å². The Morgan fingerprint density at radius 1 is 1.03 bits per heavy atom. The summed E-state index contributed by atoms with van der Waals surface area (Å²) in [6.45, 7) is -0.0953. The third kappa shape index (κ3) is 4.36. The quantitative estimate of drug-likeness (QED) is 0.464. The molecule has 0 bridgehead atoms. The molecule has 148 valence electrons. The second kappa shape index (κ2) is 7.90. The Morgan fingerprint density at radius 2 is 1.83 bits per heavy atom. The number of fused-ring (bicyclic) bond motifs is 1. The minimum absolute atomic E-state index is 0.0274. The molecule has 0 atom stereocenters. The molecule has 0 spiro atoms. The highest BCUT2D eigenvalue weighted by atomic mass is 32.2. The van der Waals surface area contributed by atoms with Crippen molar-refractivity contribution < 1.29 is 26.8 Å². The van der Waals surface area contributed by atoms with Gasteiger partial charge in [-0.1, -0.05) is 12.1 Å². The molecule has 0 saturated heterocycles. The van der Waals surface area contributed by atoms with Gasteiger partial charge < -0.3 is 13.6 Å². The zero-order valence-electron chi connectivity index (χ0n) is 15.1. The van der Waals surface area contributed by atoms with Crippen molar-refractivity contribution in [3.05, 3.63) is 84.1 Å². The number of rotatable bonds is 7. The van der Waals surface area contributed by atoms with Crippen molar-refractivity contribution in [2.75, 3.05) is 0 Å². The average molecular weight is 412 g/mol. The number of oxazole rings is 1. The number of hydrogen-bond acceptors (Lipinski definition) is 7. The monoisotopic (exact) mass is 412 g/mol. The van der Waals surface area contributed by atoms with Gasteiger partial charge in [0.2, 0.25) is 15.9 Å². The number of para-hydroxylation sites is 2. The number of nitrogens with zero attached hydrogens (tertiary/aromatic N) is 1. The highest BCUT2D eigenvalue weighted by molar-refractivity contribution is 7.89. The van der Waals surface area contributed by atoms with Gasteiger partial charge in [-0.05, 0) is 48.5 Å². The van der Waals surface area contributed by atoms with Crippen LogP contribution in [0.25, 0.3) is 11.1 Å². The summed E-state index contributed by atoms with van der Waals surface area (Å²) in [5.74, 6) is 0.161. The smallest absolute Gasteiger partial charge is 0.338 e. The molecule has 2 aromatic heterocycles. The van der Waals surface area contributed by atoms with Gasteiger partial charge >= 0.3 is 5.97 Å². The number of nitrogens with one attached hydrogen (secondary N) is 1. The fraction of sp³-hybridized carbons (Fsp3) is 0.100. The number of hydrogen-bond donors (Lipinski definition) is 1. The predicted molar refractivity (Wildman–Crippen MR) is 102 cm³/mol. The summed E-state index contributed by atoms with van der Waals surface area (Å²) in [5.41, 5.74) is 1.50. The number of esters is 1. The lowest BCUT2D eigenvalue weighted by atomic mass is 10.2. The van der Waals surface area contributed by atoms with E-state index in [9.17, 15) is 13.2 Å². The van der Waals surface area contributed by atoms with Crippen molar-refractivity contribution >= 4 is 27.1 Å². The van der Waals surface area contributed by atoms with Gasteiger partial charge in [-0.15, -0.1) is 0 Å². The van der Waals surface area contributed by atoms with Crippen molar-refractivity contribution in [1.29, 1.82) is 0 Å². The zero-order chi connectivity index (χ0) is 20.3. The Morgan fingerprint density at radius 3 is 2.55 bits per heavy atom. The molecule has 0 fully saturated rings. The number of sulfonamides is 1. The van der Waals surface area contributed by atoms with Crippen molar-refractivity contribution in [2.24, 2.45) is 0 Å². The van der Waals surface area contributed by atoms with Gasteiger partial charge in [0.15, 0.2) is 12.2 Å². The van der Waals surface area contributed by atoms with Crippen molar-refractivity contribution in [3.8, 4) is 0 Å². The summed E-state index contributed by atoms with van der Waals surface area (Å²) < 4.78 is 42.8. The Hall–Kier alpha value is -3.43. The summed E-state index contributed by atoms with van der Waals surface area (Å²) in [6, 6.07) is 16.0. The molecule has 0 unspecified atom stereocenters. The van der Waals surface area contributed by atoms with E-state index in [1.807, 2.05) is 12.1 Å². The van der Waals surface area contributed by atoms with E-state index >= 15 is 0 Å². The van der Waals surface area contributed by atoms with E-state index in [1.54, 1.807) is 24.3 Å². The van der Waals surface area contributed by atoms with Crippen LogP contribution < -0.4 is 4.72 Å². The van der Waals surface area contributed by atoms with Crippen molar-refractivity contribution in [3.63, 3.8) is 0 Å². The molecule has 0 aliphatic carbocycles. The number of carbonyl (C=O) groups excluding carboxylic acids is 1. The standard InChI is InChI=1S/C20H16N2O6S/c23-20(27-13-19-22-17-5-1-2-6-18(17)28-19)14-7-9-16(10-8-14)29(24,25)21-12-15-4-3-11-26-15/h1-11,21H,12-13H2. The molecule has 2 heterocycles. The number of benzene rings is 2. The Labute approximate surface area is 166 Å². The molecule has 0 amide bonds. The van der Waals surface area contributed by atoms with Gasteiger partial charge in [0.1, 0.15) is 11.3 Å². The topological polar surface area (TPSA) is 112 Å². The molecular formula is C20H16N2O6S. The van der Waals surface area contributed by atoms with Crippen LogP contribution in [0.4, 0.5) is 0 Å². The summed E-state index contributed by atoms with van der Waals surface area (Å²) in [5, 5.41) is 0. The minimum atomic E-state index is -3.74. The molecule has 0 aliphatic heterocycles. The largest absolute Gasteiger partial charge is 0.468 e. The van der Waals surface area contributed by atoms with Crippen LogP contribution in [0.15, 0.2) is 80.7 Å². The maximum Gasteiger partial charge on any atom is 0.338 e. The third-order valence-corrected chi connectivity index (χ3v) is 5.50. The lowest BCUT2D eigenvalue weighted by molar-refractivity contribution is 0.0440. The van der Waals surface area contributed by atoms with Crippen LogP contribution in [-0.4, -0.2) is 19.4 Å². The Bertz CT molecular complexity index is 1190. The Balaban J connectivity index is 1.38. The molecule has 0 radical (unpaired) electrons. The SMILES string of the molecule is O=C(OCc1nc2ccccc2o1)c1ccc(S(=O)(=O)NCc2ccco2)cc1. The summed E-state index contributed by atoms with van der Waals surface area (Å²) >= 11 is 0. The van der Waals surface area contributed by atoms with E-state index in [4.69, 9.17) is 13.6 Å². The highest BCUT2D eigenvalue weighted by Crippen LogP contribution is 2.16. The first kappa shape index (κ1) is 18.9. The van der Waals surface area contributed by atoms with Gasteiger partial charge in [0.25, 0.3) is 0 Å². The van der Waals surface area contributed by atoms with Crippen LogP contribution in [0, 0.1) is 0 Å². The minimum Gasteiger partial charge on any atom is -0.468 e. The molecule has 0 saturated carbocycles. The molecule has 8 nitrogen and oxygen atoms in total. The van der Waals surface area contributed by atoms with Gasteiger partial charge in [0, 0.05) is 0 Å². The van der Waals surface area contributed by atoms with E-state index in [2.05, 4.69) is 9.71 Å². The van der Waals surface area contributed by atoms with Crippen LogP contribution >= 0.6 is 0 Å². The second-order valence-electron chi connectivity index (χ2n) is 6.08. The maximum absolute atomic E-state index is 12.3. The second-order valence-corrected chi connectivity index (χ2v) is 7.85. The van der Waals surface area contributed by atoms with E-state index in [0.717, 1.165) is 0 Å². The van der Waals surface area contributed by atoms with E-state index in [0.29, 0.717) is 16.9 Å². The molecule has 0 aliphatic rings. The summed E-state index contributed by atoms with van der Waals surface area (Å²) in [7, 11) is -3.74. The molecule has 4 aromatic rings. The molecule has 1 N–H and O–H groups in total. The number of carbonyl (C=O) groups is 1. The predicted octanol–water partition coefficient (Wildman–Crippen LogP) is 3.26. The maximum atomic E-state index is 12.3. The molecule has 29 heavy (non-hydrogen) atoms. The molecular weight excluding hydrogens is 396 g/mol. The van der Waals surface area contributed by atoms with Gasteiger partial charge in [0.05, 0.1) is 23.3 Å². The van der Waals surface area contributed by atoms with Crippen molar-refractivity contribution in [1.82, 2.24) is 9.71 Å². The molecule has 4 rings (SSSR count). The fourth-order valence-electron chi connectivity index (χ4n) is 2.63. The number of furan rings is 1. The third-order valence-electron chi connectivity index (χ3n) is 4.08. The van der Waals surface area contributed by atoms with E-state index in [-0.39, 0.29) is 29.5 Å². The lowest BCUT2D eigenvalue weighted by Gasteiger charge is -2.07. The van der Waals surface area contributed by atoms with Crippen LogP contribution in [0.3, 0.4) is 0 Å². The first-order chi connectivity index (χ1) is 14.0. The van der Waals surface area contributed by atoms with Crippen LogP contribution in [-0.2, 0) is 27.9 Å². The van der Waals surface area contributed by atoms with Crippen LogP contribution in [0.2, 0.25) is 0 Å². The van der Waals surface area contributed by atoms with Gasteiger partial charge in [-0.2, -0.15) is 0 Å². The number of ether oxygens (including phenoxy) is 1. The highest BCUT2D eigenvalue weighted by Gasteiger charge is 2.16. The first-order valence-electron chi connectivity index (χ1n) is 8.65. The fourth-order valence-corrected chi connectivity index (χ4v) is 3.62. The average Bonchev–Trinajstić information content (AvgIpc) is 3.40. The Kier molecular flexibility index (Phi) is 5.15. The summed E-state index contributed by atoms with van der Waals surface area (Å²) in [4.78, 5) is 16.5. The number of aromatic nitrogens is 1. The van der Waals surface area contributed by atoms with Crippen molar-refractivity contribution in [2.45, 2.75) is 18.0 Å². The van der Waals surface area contributed by atoms with Gasteiger partial charge in [-0.3, -0.25) is 0 Å². The molecule has 2 aromatic carbocycles. The lowest BCUT2D eigenvalue weighted by Crippen LogP contribution is -2.23. The van der Waals surface area contributed by atoms with E-state index < -0.39 is 16.0 Å². The summed E-state index contributed by atoms with van der Waals surface area (Å²) in [6.07, 6.45) is 1.46. The van der Waals surface area contributed by atoms with Crippen LogP contribution in [0.5, 0.6) is 0 Å². The first-order valence-corrected chi connectivity index (χ1v) is 10.1.